The summed E-state index contributed by atoms with van der Waals surface area (Å²) in [5.41, 5.74) is -1.68. The van der Waals surface area contributed by atoms with Crippen LogP contribution in [0.3, 0.4) is 0 Å². The van der Waals surface area contributed by atoms with Gasteiger partial charge in [-0.05, 0) is 394 Å². The van der Waals surface area contributed by atoms with Gasteiger partial charge < -0.3 is 13.8 Å². The standard InChI is InChI=1S/C81H37N2O7P/c1-75(2)10-14(11-76(3,4)82(75)85)89-91(87,90-15-12-77(5,6)83(86)78(7,8)13-15)81(74(84)88-9)79-70-62-54-44-34-26-18-16-17-20-24-22(18)30-38-32(24)42-36-28(20)29-21(17)25-23-19(16)27(26)35-41-31(23)39-33(25)43-37(29)47-46(36)56-50(42)60-52(38)58(48(54)40(30)34)66(70)68(60)72-64(56)65-57(47)51(43)61-53(39)59-49(41)55(45(35)44)63(62)71(79)67(59)69(61)73(65)80(72,79)81/h14-15H,10-13H2,1-9H3. The van der Waals surface area contributed by atoms with E-state index < -0.39 is 63.9 Å². The van der Waals surface area contributed by atoms with Gasteiger partial charge in [-0.3, -0.25) is 9.36 Å². The molecule has 35 rings (SSSR count). The molecule has 0 unspecified atom stereocenters. The fraction of sp³-hybridized carbons (Fsp3) is 0.272. The molecule has 0 N–H and O–H groups in total. The second-order valence-corrected chi connectivity index (χ2v) is 37.1. The first kappa shape index (κ1) is 41.4. The molecule has 2 saturated heterocycles. The number of methoxy groups -OCH3 is 1. The Balaban J connectivity index is 0.923. The van der Waals surface area contributed by atoms with Crippen LogP contribution in [0, 0.1) is 0 Å². The number of ether oxygens (including phenoxy) is 1. The molecule has 7 aliphatic rings. The molecule has 10 heteroatoms. The highest BCUT2D eigenvalue weighted by Gasteiger charge is 3.04. The second kappa shape index (κ2) is 9.64. The van der Waals surface area contributed by atoms with Crippen molar-refractivity contribution in [1.29, 1.82) is 0 Å². The molecule has 28 aromatic carbocycles. The average Bonchev–Trinajstić information content (AvgIpc) is 1.35. The number of carbonyl (C=O) groups is 1. The van der Waals surface area contributed by atoms with E-state index in [1.165, 1.54) is 323 Å². The SMILES string of the molecule is COC(=O)C1(P(=O)(OC2CC(C)(C)N([O])C(C)(C)C2)OC2CC(C)(C)N([O])C(C)(C)C2)C23c4c5c6c7c8c9c(c%10c%11c2c2c4c4c%12c5c5c6c6c8c8c%13c9c9c%10c%10c%11c%11c2c2c4c4c%12c%12c5c5c6c8c6c8c%13c9c9c%10c%10c%11c2c2c4c4c%12c5c6c5c8c9c%10c2c45)C731. The minimum Gasteiger partial charge on any atom is -0.468 e. The molecule has 2 spiro atoms. The van der Waals surface area contributed by atoms with Crippen molar-refractivity contribution in [2.45, 2.75) is 131 Å². The molecule has 0 bridgehead atoms. The van der Waals surface area contributed by atoms with Gasteiger partial charge in [0, 0.05) is 22.2 Å². The van der Waals surface area contributed by atoms with Gasteiger partial charge in [-0.25, -0.2) is 0 Å². The Morgan fingerprint density at radius 2 is 0.440 bits per heavy atom. The average molecular weight is 1180 g/mol. The highest BCUT2D eigenvalue weighted by molar-refractivity contribution is 7.58. The van der Waals surface area contributed by atoms with E-state index in [0.29, 0.717) is 0 Å². The number of carbonyl (C=O) groups excluding carboxylic acids is 1. The first-order chi connectivity index (χ1) is 43.8. The van der Waals surface area contributed by atoms with Crippen molar-refractivity contribution in [3.05, 3.63) is 22.3 Å². The zero-order valence-electron chi connectivity index (χ0n) is 50.2. The Bertz CT molecular complexity index is 7560. The molecule has 91 heavy (non-hydrogen) atoms. The summed E-state index contributed by atoms with van der Waals surface area (Å²) in [5.74, 6) is -0.537. The Morgan fingerprint density at radius 3 is 0.582 bits per heavy atom. The van der Waals surface area contributed by atoms with Gasteiger partial charge in [-0.2, -0.15) is 0 Å². The minimum absolute atomic E-state index is 0.275. The van der Waals surface area contributed by atoms with Gasteiger partial charge in [0.25, 0.3) is 0 Å². The molecule has 28 aromatic rings. The number of hydroxylamine groups is 4. The normalized spacial score (nSPS) is 23.8. The molecule has 0 amide bonds. The summed E-state index contributed by atoms with van der Waals surface area (Å²) in [5, 5.41) is 106. The molecular weight excluding hydrogens is 1140 g/mol. The van der Waals surface area contributed by atoms with E-state index in [1.54, 1.807) is 7.11 Å². The van der Waals surface area contributed by atoms with Crippen molar-refractivity contribution in [1.82, 2.24) is 10.1 Å². The van der Waals surface area contributed by atoms with Crippen LogP contribution < -0.4 is 0 Å². The van der Waals surface area contributed by atoms with Crippen LogP contribution in [-0.2, 0) is 44.4 Å². The first-order valence-corrected chi connectivity index (χ1v) is 35.2. The number of rotatable bonds is 6. The zero-order chi connectivity index (χ0) is 58.3. The van der Waals surface area contributed by atoms with E-state index in [2.05, 4.69) is 0 Å². The molecule has 5 aliphatic carbocycles. The summed E-state index contributed by atoms with van der Waals surface area (Å²) in [6.45, 7) is 15.9. The van der Waals surface area contributed by atoms with Crippen LogP contribution in [0.25, 0.3) is 291 Å². The molecule has 3 fully saturated rings. The molecule has 0 aromatic heterocycles. The van der Waals surface area contributed by atoms with Crippen molar-refractivity contribution in [3.8, 4) is 0 Å². The lowest BCUT2D eigenvalue weighted by Crippen LogP contribution is -2.60. The van der Waals surface area contributed by atoms with Crippen LogP contribution >= 0.6 is 7.60 Å². The van der Waals surface area contributed by atoms with E-state index in [-0.39, 0.29) is 25.7 Å². The summed E-state index contributed by atoms with van der Waals surface area (Å²) in [4.78, 5) is 18.1. The van der Waals surface area contributed by atoms with Crippen LogP contribution in [0.15, 0.2) is 0 Å². The maximum absolute atomic E-state index is 19.8. The lowest BCUT2D eigenvalue weighted by molar-refractivity contribution is -0.299. The summed E-state index contributed by atoms with van der Waals surface area (Å²) in [6, 6.07) is 0. The largest absolute Gasteiger partial charge is 0.468 e. The van der Waals surface area contributed by atoms with Crippen molar-refractivity contribution in [3.63, 3.8) is 0 Å². The van der Waals surface area contributed by atoms with E-state index >= 15 is 9.36 Å². The Kier molecular flexibility index (Phi) is 4.39. The summed E-state index contributed by atoms with van der Waals surface area (Å²) in [6.07, 6.45) is -0.402. The number of benzene rings is 18. The van der Waals surface area contributed by atoms with E-state index in [0.717, 1.165) is 0 Å². The van der Waals surface area contributed by atoms with Crippen molar-refractivity contribution in [2.75, 3.05) is 7.11 Å². The van der Waals surface area contributed by atoms with Gasteiger partial charge in [0.2, 0.25) is 0 Å². The Morgan fingerprint density at radius 1 is 0.297 bits per heavy atom. The predicted octanol–water partition coefficient (Wildman–Crippen LogP) is 20.2. The number of esters is 1. The second-order valence-electron chi connectivity index (χ2n) is 35.1. The van der Waals surface area contributed by atoms with Crippen LogP contribution in [0.2, 0.25) is 0 Å². The third-order valence-corrected chi connectivity index (χ3v) is 33.7. The topological polar surface area (TPSA) is 108 Å². The third-order valence-electron chi connectivity index (χ3n) is 30.9. The summed E-state index contributed by atoms with van der Waals surface area (Å²) < 4.78 is 42.9. The van der Waals surface area contributed by atoms with E-state index in [4.69, 9.17) is 13.8 Å². The zero-order valence-corrected chi connectivity index (χ0v) is 51.1. The maximum atomic E-state index is 19.8. The monoisotopic (exact) mass is 1180 g/mol. The summed E-state index contributed by atoms with van der Waals surface area (Å²) in [7, 11) is -3.56. The van der Waals surface area contributed by atoms with Crippen molar-refractivity contribution < 1.29 is 33.6 Å². The highest BCUT2D eigenvalue weighted by Crippen LogP contribution is 3.01. The molecule has 9 nitrogen and oxygen atoms in total. The van der Waals surface area contributed by atoms with Gasteiger partial charge >= 0.3 is 13.6 Å². The molecule has 2 radical (unpaired) electrons. The third kappa shape index (κ3) is 2.56. The van der Waals surface area contributed by atoms with E-state index in [9.17, 15) is 10.4 Å². The van der Waals surface area contributed by atoms with Crippen LogP contribution in [-0.4, -0.2) is 62.7 Å². The lowest BCUT2D eigenvalue weighted by Gasteiger charge is -2.51. The van der Waals surface area contributed by atoms with Gasteiger partial charge in [0.1, 0.15) is 0 Å². The number of hydrogen-bond donors (Lipinski definition) is 0. The van der Waals surface area contributed by atoms with Crippen LogP contribution in [0.1, 0.15) is 103 Å². The highest BCUT2D eigenvalue weighted by atomic mass is 31.2. The smallest absolute Gasteiger partial charge is 0.351 e. The molecule has 418 valence electrons. The van der Waals surface area contributed by atoms with Crippen LogP contribution in [0.5, 0.6) is 0 Å². The summed E-state index contributed by atoms with van der Waals surface area (Å²) >= 11 is 0. The fourth-order valence-electron chi connectivity index (χ4n) is 30.6. The van der Waals surface area contributed by atoms with E-state index in [1.807, 2.05) is 55.4 Å². The molecule has 2 heterocycles. The van der Waals surface area contributed by atoms with Crippen molar-refractivity contribution in [2.24, 2.45) is 0 Å². The number of nitrogens with zero attached hydrogens (tertiary/aromatic N) is 2. The van der Waals surface area contributed by atoms with Crippen LogP contribution in [0.4, 0.5) is 0 Å². The molecule has 2 aliphatic heterocycles. The molecule has 0 atom stereocenters. The Hall–Kier alpha value is -8.08. The van der Waals surface area contributed by atoms with Gasteiger partial charge in [0.15, 0.2) is 5.16 Å². The first-order valence-electron chi connectivity index (χ1n) is 33.6. The molecular formula is C81H37N2O7P. The quantitative estimate of drug-likeness (QED) is 0.0927. The Labute approximate surface area is 506 Å². The van der Waals surface area contributed by atoms with Gasteiger partial charge in [-0.15, -0.1) is 20.5 Å². The maximum Gasteiger partial charge on any atom is 0.351 e. The van der Waals surface area contributed by atoms with Gasteiger partial charge in [-0.1, -0.05) is 0 Å². The lowest BCUT2D eigenvalue weighted by atomic mass is 9.68. The predicted molar refractivity (Wildman–Crippen MR) is 366 cm³/mol. The molecule has 1 saturated carbocycles. The minimum atomic E-state index is -5.11. The fourth-order valence-corrected chi connectivity index (χ4v) is 33.9. The van der Waals surface area contributed by atoms with Crippen molar-refractivity contribution >= 4 is 304 Å². The van der Waals surface area contributed by atoms with Gasteiger partial charge in [0.05, 0.1) is 30.1 Å². The number of hydrogen-bond acceptors (Lipinski definition) is 7. The number of piperidine rings is 2.